The first-order valence-corrected chi connectivity index (χ1v) is 19.8. The van der Waals surface area contributed by atoms with Crippen LogP contribution in [0.3, 0.4) is 0 Å². The van der Waals surface area contributed by atoms with Crippen LogP contribution in [0.25, 0.3) is 88.0 Å². The van der Waals surface area contributed by atoms with E-state index in [1.807, 2.05) is 12.1 Å². The maximum absolute atomic E-state index is 6.43. The molecule has 0 amide bonds. The highest BCUT2D eigenvalue weighted by atomic mass is 16.3. The summed E-state index contributed by atoms with van der Waals surface area (Å²) in [7, 11) is 0. The molecule has 0 aliphatic heterocycles. The zero-order chi connectivity index (χ0) is 38.4. The van der Waals surface area contributed by atoms with Crippen molar-refractivity contribution in [3.8, 4) is 44.5 Å². The second-order valence-corrected chi connectivity index (χ2v) is 14.9. The standard InChI is InChI=1S/C56H37NO/c1-3-20-48-38(12-1)14-9-23-50(48)40-28-32-45(33-29-40)57(46-34-30-41(31-35-46)52-25-11-26-54-53-22-5-6-27-55(53)58-56(52)54)47-19-8-17-43(37-47)42-16-7-18-44(36-42)51-24-10-15-39-13-2-4-21-49(39)51/h1-37H. The molecule has 0 saturated carbocycles. The highest BCUT2D eigenvalue weighted by Crippen LogP contribution is 2.41. The van der Waals surface area contributed by atoms with Gasteiger partial charge >= 0.3 is 0 Å². The van der Waals surface area contributed by atoms with Gasteiger partial charge in [0.05, 0.1) is 0 Å². The van der Waals surface area contributed by atoms with Gasteiger partial charge in [-0.2, -0.15) is 0 Å². The van der Waals surface area contributed by atoms with E-state index < -0.39 is 0 Å². The molecule has 2 heteroatoms. The molecule has 0 bridgehead atoms. The monoisotopic (exact) mass is 739 g/mol. The van der Waals surface area contributed by atoms with Crippen molar-refractivity contribution in [2.24, 2.45) is 0 Å². The molecule has 10 aromatic carbocycles. The van der Waals surface area contributed by atoms with E-state index in [9.17, 15) is 0 Å². The van der Waals surface area contributed by atoms with Gasteiger partial charge in [0.15, 0.2) is 0 Å². The number of fused-ring (bicyclic) bond motifs is 5. The fraction of sp³-hybridized carbons (Fsp3) is 0. The topological polar surface area (TPSA) is 16.4 Å². The van der Waals surface area contributed by atoms with Gasteiger partial charge < -0.3 is 9.32 Å². The van der Waals surface area contributed by atoms with Crippen LogP contribution in [0, 0.1) is 0 Å². The molecule has 0 aliphatic carbocycles. The van der Waals surface area contributed by atoms with Crippen molar-refractivity contribution in [3.63, 3.8) is 0 Å². The summed E-state index contributed by atoms with van der Waals surface area (Å²) in [6, 6.07) is 80.7. The quantitative estimate of drug-likeness (QED) is 0.162. The Balaban J connectivity index is 1.01. The van der Waals surface area contributed by atoms with Crippen LogP contribution in [0.15, 0.2) is 229 Å². The summed E-state index contributed by atoms with van der Waals surface area (Å²) in [6.45, 7) is 0. The lowest BCUT2D eigenvalue weighted by Crippen LogP contribution is -2.10. The van der Waals surface area contributed by atoms with Crippen LogP contribution in [0.5, 0.6) is 0 Å². The molecule has 1 heterocycles. The third kappa shape index (κ3) is 5.91. The predicted molar refractivity (Wildman–Crippen MR) is 245 cm³/mol. The smallest absolute Gasteiger partial charge is 0.143 e. The van der Waals surface area contributed by atoms with E-state index in [0.717, 1.165) is 55.7 Å². The molecular formula is C56H37NO. The molecule has 0 spiro atoms. The van der Waals surface area contributed by atoms with Crippen molar-refractivity contribution in [1.82, 2.24) is 0 Å². The lowest BCUT2D eigenvalue weighted by Gasteiger charge is -2.26. The molecule has 1 aromatic heterocycles. The minimum absolute atomic E-state index is 0.905. The number of hydrogen-bond donors (Lipinski definition) is 0. The summed E-state index contributed by atoms with van der Waals surface area (Å²) in [5.74, 6) is 0. The number of para-hydroxylation sites is 2. The summed E-state index contributed by atoms with van der Waals surface area (Å²) < 4.78 is 6.43. The molecule has 11 rings (SSSR count). The molecule has 272 valence electrons. The summed E-state index contributed by atoms with van der Waals surface area (Å²) in [5.41, 5.74) is 14.4. The van der Waals surface area contributed by atoms with Gasteiger partial charge in [-0.15, -0.1) is 0 Å². The lowest BCUT2D eigenvalue weighted by molar-refractivity contribution is 0.670. The first kappa shape index (κ1) is 33.6. The van der Waals surface area contributed by atoms with Gasteiger partial charge in [0.1, 0.15) is 11.2 Å². The highest BCUT2D eigenvalue weighted by molar-refractivity contribution is 6.09. The lowest BCUT2D eigenvalue weighted by atomic mass is 9.95. The van der Waals surface area contributed by atoms with E-state index in [2.05, 4.69) is 217 Å². The number of hydrogen-bond acceptors (Lipinski definition) is 2. The number of rotatable bonds is 7. The van der Waals surface area contributed by atoms with Crippen molar-refractivity contribution in [1.29, 1.82) is 0 Å². The Kier molecular flexibility index (Phi) is 8.19. The summed E-state index contributed by atoms with van der Waals surface area (Å²) in [4.78, 5) is 2.36. The molecule has 0 radical (unpaired) electrons. The van der Waals surface area contributed by atoms with Crippen LogP contribution >= 0.6 is 0 Å². The van der Waals surface area contributed by atoms with Crippen LogP contribution < -0.4 is 4.90 Å². The minimum atomic E-state index is 0.905. The summed E-state index contributed by atoms with van der Waals surface area (Å²) in [6.07, 6.45) is 0. The van der Waals surface area contributed by atoms with E-state index >= 15 is 0 Å². The Morgan fingerprint density at radius 3 is 1.43 bits per heavy atom. The van der Waals surface area contributed by atoms with Crippen molar-refractivity contribution < 1.29 is 4.42 Å². The molecule has 58 heavy (non-hydrogen) atoms. The van der Waals surface area contributed by atoms with Gasteiger partial charge in [0.2, 0.25) is 0 Å². The molecule has 0 aliphatic rings. The summed E-state index contributed by atoms with van der Waals surface area (Å²) >= 11 is 0. The second kappa shape index (κ2) is 14.1. The van der Waals surface area contributed by atoms with Crippen molar-refractivity contribution in [2.75, 3.05) is 4.90 Å². The number of anilines is 3. The van der Waals surface area contributed by atoms with Gasteiger partial charge in [-0.1, -0.05) is 176 Å². The van der Waals surface area contributed by atoms with Gasteiger partial charge in [0, 0.05) is 33.4 Å². The highest BCUT2D eigenvalue weighted by Gasteiger charge is 2.17. The Morgan fingerprint density at radius 1 is 0.276 bits per heavy atom. The van der Waals surface area contributed by atoms with Gasteiger partial charge in [-0.25, -0.2) is 0 Å². The molecular weight excluding hydrogens is 703 g/mol. The summed E-state index contributed by atoms with van der Waals surface area (Å²) in [5, 5.41) is 7.26. The van der Waals surface area contributed by atoms with Crippen LogP contribution in [0.2, 0.25) is 0 Å². The first-order chi connectivity index (χ1) is 28.7. The van der Waals surface area contributed by atoms with Crippen LogP contribution in [0.1, 0.15) is 0 Å². The number of nitrogens with zero attached hydrogens (tertiary/aromatic N) is 1. The maximum Gasteiger partial charge on any atom is 0.143 e. The van der Waals surface area contributed by atoms with Crippen molar-refractivity contribution in [2.45, 2.75) is 0 Å². The Hall–Kier alpha value is -7.68. The second-order valence-electron chi connectivity index (χ2n) is 14.9. The van der Waals surface area contributed by atoms with Crippen molar-refractivity contribution >= 4 is 60.5 Å². The Morgan fingerprint density at radius 2 is 0.741 bits per heavy atom. The van der Waals surface area contributed by atoms with E-state index in [4.69, 9.17) is 4.42 Å². The van der Waals surface area contributed by atoms with Gasteiger partial charge in [-0.05, 0) is 109 Å². The minimum Gasteiger partial charge on any atom is -0.455 e. The Labute approximate surface area is 337 Å². The van der Waals surface area contributed by atoms with E-state index in [-0.39, 0.29) is 0 Å². The first-order valence-electron chi connectivity index (χ1n) is 19.8. The zero-order valence-electron chi connectivity index (χ0n) is 31.7. The molecule has 0 atom stereocenters. The molecule has 11 aromatic rings. The third-order valence-electron chi connectivity index (χ3n) is 11.5. The van der Waals surface area contributed by atoms with Crippen molar-refractivity contribution in [3.05, 3.63) is 224 Å². The molecule has 2 nitrogen and oxygen atoms in total. The molecule has 0 fully saturated rings. The number of benzene rings is 10. The fourth-order valence-corrected chi connectivity index (χ4v) is 8.65. The van der Waals surface area contributed by atoms with Gasteiger partial charge in [-0.3, -0.25) is 0 Å². The van der Waals surface area contributed by atoms with E-state index in [1.165, 1.54) is 49.4 Å². The average Bonchev–Trinajstić information content (AvgIpc) is 3.69. The maximum atomic E-state index is 6.43. The van der Waals surface area contributed by atoms with E-state index in [0.29, 0.717) is 0 Å². The van der Waals surface area contributed by atoms with Crippen LogP contribution in [-0.4, -0.2) is 0 Å². The normalized spacial score (nSPS) is 11.4. The average molecular weight is 740 g/mol. The molecule has 0 N–H and O–H groups in total. The molecule has 0 unspecified atom stereocenters. The van der Waals surface area contributed by atoms with Gasteiger partial charge in [0.25, 0.3) is 0 Å². The fourth-order valence-electron chi connectivity index (χ4n) is 8.65. The SMILES string of the molecule is c1cc(-c2cccc(N(c3ccc(-c4cccc5ccccc45)cc3)c3ccc(-c4cccc5c4oc4ccccc45)cc3)c2)cc(-c2cccc3ccccc23)c1. The zero-order valence-corrected chi connectivity index (χ0v) is 31.7. The Bertz CT molecular complexity index is 3270. The molecule has 0 saturated heterocycles. The van der Waals surface area contributed by atoms with Crippen LogP contribution in [0.4, 0.5) is 17.1 Å². The van der Waals surface area contributed by atoms with Crippen LogP contribution in [-0.2, 0) is 0 Å². The predicted octanol–water partition coefficient (Wildman–Crippen LogP) is 16.0. The van der Waals surface area contributed by atoms with E-state index in [1.54, 1.807) is 0 Å². The third-order valence-corrected chi connectivity index (χ3v) is 11.5. The number of furan rings is 1. The largest absolute Gasteiger partial charge is 0.455 e.